The summed E-state index contributed by atoms with van der Waals surface area (Å²) in [4.78, 5) is 11.3. The maximum absolute atomic E-state index is 11.3. The van der Waals surface area contributed by atoms with Crippen molar-refractivity contribution in [1.29, 1.82) is 0 Å². The zero-order chi connectivity index (χ0) is 15.1. The van der Waals surface area contributed by atoms with Crippen LogP contribution in [0.4, 0.5) is 11.4 Å². The number of hydrogen-bond acceptors (Lipinski definition) is 5. The number of carbonyl (C=O) groups excluding carboxylic acids is 1. The van der Waals surface area contributed by atoms with Crippen molar-refractivity contribution < 1.29 is 9.53 Å². The minimum absolute atomic E-state index is 0.215. The van der Waals surface area contributed by atoms with Crippen LogP contribution >= 0.6 is 0 Å². The number of para-hydroxylation sites is 1. The number of fused-ring (bicyclic) bond motifs is 3. The second kappa shape index (κ2) is 7.31. The lowest BCUT2D eigenvalue weighted by molar-refractivity contribution is 0.0518. The van der Waals surface area contributed by atoms with Gasteiger partial charge in [0.25, 0.3) is 0 Å². The largest absolute Gasteiger partial charge is 0.461 e. The summed E-state index contributed by atoms with van der Waals surface area (Å²) in [5, 5.41) is 3.22. The molecule has 0 amide bonds. The average molecular weight is 285 g/mol. The van der Waals surface area contributed by atoms with Gasteiger partial charge in [0.1, 0.15) is 6.61 Å². The number of rotatable bonds is 3. The van der Waals surface area contributed by atoms with Crippen LogP contribution in [-0.2, 0) is 11.3 Å². The summed E-state index contributed by atoms with van der Waals surface area (Å²) in [6.07, 6.45) is 0. The van der Waals surface area contributed by atoms with Crippen molar-refractivity contribution in [2.45, 2.75) is 6.54 Å². The van der Waals surface area contributed by atoms with Crippen molar-refractivity contribution in [3.8, 4) is 0 Å². The molecule has 0 spiro atoms. The summed E-state index contributed by atoms with van der Waals surface area (Å²) < 4.78 is 4.81. The van der Waals surface area contributed by atoms with E-state index in [1.807, 2.05) is 0 Å². The summed E-state index contributed by atoms with van der Waals surface area (Å²) in [7, 11) is 0. The number of anilines is 2. The Morgan fingerprint density at radius 3 is 2.29 bits per heavy atom. The molecule has 5 heteroatoms. The normalized spacial score (nSPS) is 11.1. The lowest BCUT2D eigenvalue weighted by Gasteiger charge is -2.12. The van der Waals surface area contributed by atoms with Crippen LogP contribution in [0.5, 0.6) is 0 Å². The molecule has 21 heavy (non-hydrogen) atoms. The molecule has 2 aromatic carbocycles. The smallest absolute Gasteiger partial charge is 0.340 e. The van der Waals surface area contributed by atoms with Gasteiger partial charge in [0.05, 0.1) is 5.56 Å². The third-order valence-corrected chi connectivity index (χ3v) is 2.98. The van der Waals surface area contributed by atoms with Gasteiger partial charge in [-0.05, 0) is 29.8 Å². The first kappa shape index (κ1) is 14.9. The van der Waals surface area contributed by atoms with E-state index in [4.69, 9.17) is 16.2 Å². The molecule has 0 saturated carbocycles. The number of esters is 1. The van der Waals surface area contributed by atoms with Gasteiger partial charge < -0.3 is 21.5 Å². The van der Waals surface area contributed by atoms with Crippen molar-refractivity contribution in [1.82, 2.24) is 0 Å². The lowest BCUT2D eigenvalue weighted by Crippen LogP contribution is -2.14. The Morgan fingerprint density at radius 2 is 1.86 bits per heavy atom. The van der Waals surface area contributed by atoms with Crippen molar-refractivity contribution >= 4 is 17.3 Å². The van der Waals surface area contributed by atoms with Gasteiger partial charge in [-0.15, -0.1) is 0 Å². The Kier molecular flexibility index (Phi) is 5.17. The summed E-state index contributed by atoms with van der Waals surface area (Å²) in [5.41, 5.74) is 14.2. The molecule has 0 aliphatic carbocycles. The topological polar surface area (TPSA) is 90.4 Å². The molecule has 0 aromatic heterocycles. The fraction of sp³-hybridized carbons (Fsp3) is 0.188. The number of carbonyl (C=O) groups is 1. The van der Waals surface area contributed by atoms with Crippen LogP contribution in [-0.4, -0.2) is 19.1 Å². The Balaban J connectivity index is 0.000000170. The fourth-order valence-corrected chi connectivity index (χ4v) is 1.86. The SMILES string of the molecule is NCCOC(=O)c1ccccc1N.c1cc2ccc1CN2. The highest BCUT2D eigenvalue weighted by atomic mass is 16.5. The van der Waals surface area contributed by atoms with E-state index in [9.17, 15) is 4.79 Å². The van der Waals surface area contributed by atoms with Gasteiger partial charge in [-0.25, -0.2) is 4.79 Å². The van der Waals surface area contributed by atoms with Gasteiger partial charge in [0, 0.05) is 24.5 Å². The van der Waals surface area contributed by atoms with E-state index in [1.54, 1.807) is 24.3 Å². The minimum Gasteiger partial charge on any atom is -0.461 e. The number of ether oxygens (including phenoxy) is 1. The molecule has 5 nitrogen and oxygen atoms in total. The molecular weight excluding hydrogens is 266 g/mol. The predicted molar refractivity (Wildman–Crippen MR) is 84.0 cm³/mol. The number of nitrogens with two attached hydrogens (primary N) is 2. The standard InChI is InChI=1S/C9H12N2O2.C7H7N/c10-5-6-13-9(12)7-3-1-2-4-8(7)11;1-3-7-4-2-6(1)5-8-7/h1-4H,5-6,10-11H2;1-4,8H,5H2. The molecule has 2 aromatic rings. The van der Waals surface area contributed by atoms with Crippen LogP contribution in [0.2, 0.25) is 0 Å². The quantitative estimate of drug-likeness (QED) is 0.592. The third kappa shape index (κ3) is 4.22. The zero-order valence-electron chi connectivity index (χ0n) is 11.7. The monoisotopic (exact) mass is 285 g/mol. The van der Waals surface area contributed by atoms with E-state index in [2.05, 4.69) is 29.6 Å². The van der Waals surface area contributed by atoms with E-state index in [0.29, 0.717) is 17.8 Å². The summed E-state index contributed by atoms with van der Waals surface area (Å²) >= 11 is 0. The molecule has 0 saturated heterocycles. The second-order valence-corrected chi connectivity index (χ2v) is 4.56. The summed E-state index contributed by atoms with van der Waals surface area (Å²) in [5.74, 6) is -0.427. The first-order chi connectivity index (χ1) is 10.2. The van der Waals surface area contributed by atoms with Gasteiger partial charge in [0.2, 0.25) is 0 Å². The molecule has 0 atom stereocenters. The first-order valence-corrected chi connectivity index (χ1v) is 6.75. The van der Waals surface area contributed by atoms with E-state index >= 15 is 0 Å². The number of nitrogen functional groups attached to an aromatic ring is 1. The molecule has 110 valence electrons. The van der Waals surface area contributed by atoms with E-state index < -0.39 is 5.97 Å². The van der Waals surface area contributed by atoms with Crippen LogP contribution < -0.4 is 16.8 Å². The zero-order valence-corrected chi connectivity index (χ0v) is 11.7. The maximum Gasteiger partial charge on any atom is 0.340 e. The Hall–Kier alpha value is -2.53. The molecule has 0 radical (unpaired) electrons. The minimum atomic E-state index is -0.427. The molecule has 2 aliphatic rings. The van der Waals surface area contributed by atoms with E-state index in [1.165, 1.54) is 11.3 Å². The van der Waals surface area contributed by atoms with Crippen molar-refractivity contribution in [3.63, 3.8) is 0 Å². The molecule has 0 unspecified atom stereocenters. The number of nitrogens with one attached hydrogen (secondary N) is 1. The van der Waals surface area contributed by atoms with Crippen molar-refractivity contribution in [2.24, 2.45) is 5.73 Å². The first-order valence-electron chi connectivity index (χ1n) is 6.75. The van der Waals surface area contributed by atoms with Gasteiger partial charge in [-0.3, -0.25) is 0 Å². The highest BCUT2D eigenvalue weighted by molar-refractivity contribution is 5.94. The van der Waals surface area contributed by atoms with Gasteiger partial charge in [-0.1, -0.05) is 24.3 Å². The Labute approximate surface area is 123 Å². The molecule has 2 aliphatic heterocycles. The van der Waals surface area contributed by atoms with Gasteiger partial charge >= 0.3 is 5.97 Å². The van der Waals surface area contributed by atoms with Gasteiger partial charge in [-0.2, -0.15) is 0 Å². The Bertz CT molecular complexity index is 574. The summed E-state index contributed by atoms with van der Waals surface area (Å²) in [6, 6.07) is 15.2. The van der Waals surface area contributed by atoms with E-state index in [-0.39, 0.29) is 6.61 Å². The van der Waals surface area contributed by atoms with Crippen LogP contribution in [0, 0.1) is 0 Å². The van der Waals surface area contributed by atoms with Crippen molar-refractivity contribution in [2.75, 3.05) is 24.2 Å². The Morgan fingerprint density at radius 1 is 1.14 bits per heavy atom. The maximum atomic E-state index is 11.3. The lowest BCUT2D eigenvalue weighted by atomic mass is 10.1. The van der Waals surface area contributed by atoms with Crippen LogP contribution in [0.25, 0.3) is 0 Å². The number of hydrogen-bond donors (Lipinski definition) is 3. The van der Waals surface area contributed by atoms with Crippen LogP contribution in [0.3, 0.4) is 0 Å². The van der Waals surface area contributed by atoms with Crippen molar-refractivity contribution in [3.05, 3.63) is 59.7 Å². The predicted octanol–water partition coefficient (Wildman–Crippen LogP) is 2.00. The number of benzene rings is 2. The fourth-order valence-electron chi connectivity index (χ4n) is 1.86. The summed E-state index contributed by atoms with van der Waals surface area (Å²) in [6.45, 7) is 1.55. The van der Waals surface area contributed by atoms with Crippen LogP contribution in [0.15, 0.2) is 48.5 Å². The molecule has 2 bridgehead atoms. The molecule has 5 N–H and O–H groups in total. The third-order valence-electron chi connectivity index (χ3n) is 2.98. The second-order valence-electron chi connectivity index (χ2n) is 4.56. The molecule has 0 fully saturated rings. The highest BCUT2D eigenvalue weighted by Crippen LogP contribution is 2.16. The molecule has 4 rings (SSSR count). The highest BCUT2D eigenvalue weighted by Gasteiger charge is 2.08. The molecule has 2 heterocycles. The average Bonchev–Trinajstić information content (AvgIpc) is 2.55. The van der Waals surface area contributed by atoms with Gasteiger partial charge in [0.15, 0.2) is 0 Å². The van der Waals surface area contributed by atoms with E-state index in [0.717, 1.165) is 6.54 Å². The molecular formula is C16H19N3O2. The van der Waals surface area contributed by atoms with Crippen LogP contribution in [0.1, 0.15) is 15.9 Å².